The first-order valence-electron chi connectivity index (χ1n) is 4.93. The fourth-order valence-corrected chi connectivity index (χ4v) is 1.18. The SMILES string of the molecule is C=C=Cc1ccccc1C#CCCC=C. The van der Waals surface area contributed by atoms with Gasteiger partial charge in [-0.05, 0) is 24.1 Å². The maximum absolute atomic E-state index is 3.66. The van der Waals surface area contributed by atoms with Crippen LogP contribution >= 0.6 is 0 Å². The first kappa shape index (κ1) is 11.1. The quantitative estimate of drug-likeness (QED) is 0.297. The van der Waals surface area contributed by atoms with Crippen LogP contribution in [0.5, 0.6) is 0 Å². The van der Waals surface area contributed by atoms with Crippen molar-refractivity contribution in [1.82, 2.24) is 0 Å². The van der Waals surface area contributed by atoms with Gasteiger partial charge < -0.3 is 0 Å². The summed E-state index contributed by atoms with van der Waals surface area (Å²) < 4.78 is 0. The van der Waals surface area contributed by atoms with Crippen molar-refractivity contribution in [2.24, 2.45) is 0 Å². The average Bonchev–Trinajstić information content (AvgIpc) is 2.27. The van der Waals surface area contributed by atoms with Crippen molar-refractivity contribution in [3.8, 4) is 11.8 Å². The topological polar surface area (TPSA) is 0 Å². The maximum atomic E-state index is 3.66. The molecule has 0 bridgehead atoms. The molecule has 0 aliphatic heterocycles. The highest BCUT2D eigenvalue weighted by Gasteiger charge is 1.92. The molecule has 0 aliphatic carbocycles. The van der Waals surface area contributed by atoms with E-state index in [9.17, 15) is 0 Å². The van der Waals surface area contributed by atoms with Crippen LogP contribution in [0.15, 0.2) is 49.2 Å². The maximum Gasteiger partial charge on any atom is 0.0323 e. The molecular weight excluding hydrogens is 180 g/mol. The molecule has 0 radical (unpaired) electrons. The van der Waals surface area contributed by atoms with E-state index in [1.807, 2.05) is 36.4 Å². The molecule has 74 valence electrons. The minimum absolute atomic E-state index is 0.857. The number of hydrogen-bond donors (Lipinski definition) is 0. The normalized spacial score (nSPS) is 8.27. The van der Waals surface area contributed by atoms with E-state index in [2.05, 4.69) is 30.7 Å². The second-order valence-electron chi connectivity index (χ2n) is 3.06. The van der Waals surface area contributed by atoms with Gasteiger partial charge in [-0.1, -0.05) is 42.7 Å². The van der Waals surface area contributed by atoms with Gasteiger partial charge in [-0.25, -0.2) is 0 Å². The van der Waals surface area contributed by atoms with Crippen molar-refractivity contribution in [3.63, 3.8) is 0 Å². The van der Waals surface area contributed by atoms with Gasteiger partial charge in [-0.15, -0.1) is 12.3 Å². The lowest BCUT2D eigenvalue weighted by atomic mass is 10.1. The Labute approximate surface area is 91.6 Å². The lowest BCUT2D eigenvalue weighted by Gasteiger charge is -1.95. The Morgan fingerprint density at radius 2 is 2.07 bits per heavy atom. The molecule has 0 spiro atoms. The molecule has 0 amide bonds. The summed E-state index contributed by atoms with van der Waals surface area (Å²) in [6.07, 6.45) is 5.52. The molecular formula is C15H14. The fourth-order valence-electron chi connectivity index (χ4n) is 1.18. The summed E-state index contributed by atoms with van der Waals surface area (Å²) in [5, 5.41) is 0. The van der Waals surface area contributed by atoms with Crippen molar-refractivity contribution in [3.05, 3.63) is 60.4 Å². The Morgan fingerprint density at radius 1 is 1.27 bits per heavy atom. The summed E-state index contributed by atoms with van der Waals surface area (Å²) in [4.78, 5) is 0. The van der Waals surface area contributed by atoms with E-state index in [-0.39, 0.29) is 0 Å². The molecule has 0 atom stereocenters. The second kappa shape index (κ2) is 6.49. The molecule has 0 nitrogen and oxygen atoms in total. The van der Waals surface area contributed by atoms with Gasteiger partial charge in [-0.3, -0.25) is 0 Å². The van der Waals surface area contributed by atoms with E-state index in [1.165, 1.54) is 0 Å². The van der Waals surface area contributed by atoms with E-state index in [0.717, 1.165) is 24.0 Å². The molecule has 15 heavy (non-hydrogen) atoms. The molecule has 0 aromatic heterocycles. The van der Waals surface area contributed by atoms with Crippen LogP contribution in [0.1, 0.15) is 24.0 Å². The standard InChI is InChI=1S/C15H14/c1-3-5-6-7-11-15-13-9-8-12-14(15)10-4-2/h3,8-10,12-13H,1-2,5-6H2. The fraction of sp³-hybridized carbons (Fsp3) is 0.133. The summed E-state index contributed by atoms with van der Waals surface area (Å²) >= 11 is 0. The molecule has 1 aromatic rings. The number of unbranched alkanes of at least 4 members (excludes halogenated alkanes) is 1. The van der Waals surface area contributed by atoms with Crippen LogP contribution in [0.3, 0.4) is 0 Å². The smallest absolute Gasteiger partial charge is 0.0323 e. The minimum atomic E-state index is 0.857. The summed E-state index contributed by atoms with van der Waals surface area (Å²) in [6, 6.07) is 7.98. The van der Waals surface area contributed by atoms with Crippen LogP contribution in [0.25, 0.3) is 6.08 Å². The number of allylic oxidation sites excluding steroid dienone is 1. The molecule has 0 saturated carbocycles. The van der Waals surface area contributed by atoms with Gasteiger partial charge in [0.15, 0.2) is 0 Å². The lowest BCUT2D eigenvalue weighted by Crippen LogP contribution is -1.80. The number of benzene rings is 1. The van der Waals surface area contributed by atoms with Crippen molar-refractivity contribution in [2.75, 3.05) is 0 Å². The highest BCUT2D eigenvalue weighted by atomic mass is 13.9. The average molecular weight is 194 g/mol. The zero-order valence-electron chi connectivity index (χ0n) is 8.79. The molecule has 0 aliphatic rings. The highest BCUT2D eigenvalue weighted by Crippen LogP contribution is 2.08. The summed E-state index contributed by atoms with van der Waals surface area (Å²) in [7, 11) is 0. The van der Waals surface area contributed by atoms with Crippen LogP contribution in [0, 0.1) is 11.8 Å². The van der Waals surface area contributed by atoms with Gasteiger partial charge in [0.2, 0.25) is 0 Å². The third-order valence-electron chi connectivity index (χ3n) is 1.91. The van der Waals surface area contributed by atoms with Crippen molar-refractivity contribution < 1.29 is 0 Å². The van der Waals surface area contributed by atoms with Crippen LogP contribution in [-0.4, -0.2) is 0 Å². The Hall–Kier alpha value is -1.96. The first-order valence-corrected chi connectivity index (χ1v) is 4.93. The summed E-state index contributed by atoms with van der Waals surface area (Å²) in [5.41, 5.74) is 4.86. The predicted molar refractivity (Wildman–Crippen MR) is 66.4 cm³/mol. The molecule has 0 heteroatoms. The zero-order valence-corrected chi connectivity index (χ0v) is 8.79. The van der Waals surface area contributed by atoms with Gasteiger partial charge in [-0.2, -0.15) is 0 Å². The van der Waals surface area contributed by atoms with Crippen LogP contribution in [-0.2, 0) is 0 Å². The minimum Gasteiger partial charge on any atom is -0.128 e. The molecule has 0 heterocycles. The van der Waals surface area contributed by atoms with Gasteiger partial charge >= 0.3 is 0 Å². The molecule has 0 saturated heterocycles. The molecule has 0 fully saturated rings. The van der Waals surface area contributed by atoms with E-state index in [0.29, 0.717) is 0 Å². The molecule has 0 unspecified atom stereocenters. The Bertz CT molecular complexity index is 435. The van der Waals surface area contributed by atoms with Crippen LogP contribution in [0.4, 0.5) is 0 Å². The van der Waals surface area contributed by atoms with Gasteiger partial charge in [0, 0.05) is 12.0 Å². The predicted octanol–water partition coefficient (Wildman–Crippen LogP) is 3.80. The van der Waals surface area contributed by atoms with Crippen molar-refractivity contribution in [1.29, 1.82) is 0 Å². The van der Waals surface area contributed by atoms with E-state index < -0.39 is 0 Å². The Kier molecular flexibility index (Phi) is 4.81. The van der Waals surface area contributed by atoms with E-state index in [1.54, 1.807) is 0 Å². The van der Waals surface area contributed by atoms with Gasteiger partial charge in [0.25, 0.3) is 0 Å². The number of hydrogen-bond acceptors (Lipinski definition) is 0. The van der Waals surface area contributed by atoms with E-state index >= 15 is 0 Å². The monoisotopic (exact) mass is 194 g/mol. The second-order valence-corrected chi connectivity index (χ2v) is 3.06. The zero-order chi connectivity index (χ0) is 10.9. The lowest BCUT2D eigenvalue weighted by molar-refractivity contribution is 1.09. The van der Waals surface area contributed by atoms with Gasteiger partial charge in [0.05, 0.1) is 0 Å². The largest absolute Gasteiger partial charge is 0.128 e. The van der Waals surface area contributed by atoms with Crippen LogP contribution in [0.2, 0.25) is 0 Å². The van der Waals surface area contributed by atoms with E-state index in [4.69, 9.17) is 0 Å². The third kappa shape index (κ3) is 3.73. The summed E-state index contributed by atoms with van der Waals surface area (Å²) in [6.45, 7) is 7.22. The Morgan fingerprint density at radius 3 is 2.80 bits per heavy atom. The molecule has 0 N–H and O–H groups in total. The third-order valence-corrected chi connectivity index (χ3v) is 1.91. The van der Waals surface area contributed by atoms with Crippen LogP contribution < -0.4 is 0 Å². The molecule has 1 aromatic carbocycles. The molecule has 1 rings (SSSR count). The van der Waals surface area contributed by atoms with Crippen molar-refractivity contribution >= 4 is 6.08 Å². The first-order chi connectivity index (χ1) is 7.38. The number of rotatable bonds is 3. The highest BCUT2D eigenvalue weighted by molar-refractivity contribution is 5.58. The Balaban J connectivity index is 2.86. The van der Waals surface area contributed by atoms with Crippen molar-refractivity contribution in [2.45, 2.75) is 12.8 Å². The van der Waals surface area contributed by atoms with Gasteiger partial charge in [0.1, 0.15) is 0 Å². The summed E-state index contributed by atoms with van der Waals surface area (Å²) in [5.74, 6) is 6.25.